The quantitative estimate of drug-likeness (QED) is 0.0553. The minimum absolute atomic E-state index is 0.103. The van der Waals surface area contributed by atoms with Crippen molar-refractivity contribution in [3.05, 3.63) is 64.1 Å². The first-order valence-electron chi connectivity index (χ1n) is 14.5. The van der Waals surface area contributed by atoms with Gasteiger partial charge >= 0.3 is 5.97 Å². The van der Waals surface area contributed by atoms with Crippen LogP contribution in [0.3, 0.4) is 0 Å². The Morgan fingerprint density at radius 2 is 1.34 bits per heavy atom. The molecular weight excluding hydrogens is 540 g/mol. The highest BCUT2D eigenvalue weighted by molar-refractivity contribution is 9.10. The highest BCUT2D eigenvalue weighted by Crippen LogP contribution is 2.23. The summed E-state index contributed by atoms with van der Waals surface area (Å²) < 4.78 is 6.36. The van der Waals surface area contributed by atoms with Gasteiger partial charge in [0, 0.05) is 16.5 Å². The molecule has 0 aliphatic heterocycles. The summed E-state index contributed by atoms with van der Waals surface area (Å²) >= 11 is 3.43. The fourth-order valence-corrected chi connectivity index (χ4v) is 4.71. The first-order chi connectivity index (χ1) is 18.6. The van der Waals surface area contributed by atoms with E-state index in [1.807, 2.05) is 6.07 Å². The van der Waals surface area contributed by atoms with E-state index >= 15 is 0 Å². The molecule has 0 aromatic heterocycles. The van der Waals surface area contributed by atoms with Gasteiger partial charge in [-0.05, 0) is 36.8 Å². The van der Waals surface area contributed by atoms with Crippen LogP contribution in [-0.2, 0) is 4.79 Å². The Kier molecular flexibility index (Phi) is 17.1. The van der Waals surface area contributed by atoms with Crippen molar-refractivity contribution in [1.29, 1.82) is 0 Å². The highest BCUT2D eigenvalue weighted by atomic mass is 79.9. The molecular formula is C32H45BrN2O3. The van der Waals surface area contributed by atoms with E-state index in [0.29, 0.717) is 23.3 Å². The van der Waals surface area contributed by atoms with Crippen molar-refractivity contribution in [2.75, 3.05) is 0 Å². The number of ether oxygens (including phenoxy) is 1. The van der Waals surface area contributed by atoms with Gasteiger partial charge in [0.15, 0.2) is 0 Å². The summed E-state index contributed by atoms with van der Waals surface area (Å²) in [5.41, 5.74) is 3.65. The van der Waals surface area contributed by atoms with E-state index < -0.39 is 5.97 Å². The van der Waals surface area contributed by atoms with Gasteiger partial charge in [-0.15, -0.1) is 0 Å². The first kappa shape index (κ1) is 31.7. The Balaban J connectivity index is 1.55. The molecule has 208 valence electrons. The Morgan fingerprint density at radius 3 is 1.92 bits per heavy atom. The highest BCUT2D eigenvalue weighted by Gasteiger charge is 2.11. The molecule has 0 saturated carbocycles. The van der Waals surface area contributed by atoms with E-state index in [1.165, 1.54) is 89.7 Å². The van der Waals surface area contributed by atoms with E-state index in [2.05, 4.69) is 33.4 Å². The van der Waals surface area contributed by atoms with Crippen LogP contribution in [0, 0.1) is 0 Å². The van der Waals surface area contributed by atoms with Crippen LogP contribution in [0.25, 0.3) is 0 Å². The predicted molar refractivity (Wildman–Crippen MR) is 161 cm³/mol. The van der Waals surface area contributed by atoms with Gasteiger partial charge in [0.25, 0.3) is 0 Å². The zero-order valence-electron chi connectivity index (χ0n) is 23.1. The van der Waals surface area contributed by atoms with Gasteiger partial charge in [-0.3, -0.25) is 4.79 Å². The van der Waals surface area contributed by atoms with Crippen molar-refractivity contribution in [2.24, 2.45) is 5.10 Å². The van der Waals surface area contributed by atoms with Crippen LogP contribution in [0.1, 0.15) is 126 Å². The van der Waals surface area contributed by atoms with Crippen molar-refractivity contribution in [1.82, 2.24) is 5.43 Å². The van der Waals surface area contributed by atoms with Crippen LogP contribution in [-0.4, -0.2) is 18.1 Å². The minimum Gasteiger partial charge on any atom is -0.422 e. The van der Waals surface area contributed by atoms with Gasteiger partial charge in [-0.1, -0.05) is 131 Å². The van der Waals surface area contributed by atoms with Crippen molar-refractivity contribution in [2.45, 2.75) is 110 Å². The molecule has 2 rings (SSSR count). The number of hydrazone groups is 1. The summed E-state index contributed by atoms with van der Waals surface area (Å²) in [5, 5.41) is 4.08. The van der Waals surface area contributed by atoms with E-state index in [1.54, 1.807) is 42.5 Å². The third kappa shape index (κ3) is 14.5. The standard InChI is InChI=1S/C32H45BrN2O3/c1-2-3-4-5-6-7-8-9-10-11-12-13-14-15-19-22-31(36)35-34-26-28-25-29(33)23-24-30(28)38-32(37)27-20-17-16-18-21-27/h16-18,20-21,23-26H,2-15,19,22H2,1H3,(H,35,36)/b34-26+. The maximum absolute atomic E-state index is 12.4. The van der Waals surface area contributed by atoms with Crippen molar-refractivity contribution in [3.8, 4) is 5.75 Å². The van der Waals surface area contributed by atoms with Crippen molar-refractivity contribution >= 4 is 34.0 Å². The molecule has 38 heavy (non-hydrogen) atoms. The third-order valence-corrected chi connectivity index (χ3v) is 7.08. The minimum atomic E-state index is -0.445. The van der Waals surface area contributed by atoms with Crippen LogP contribution in [0.2, 0.25) is 0 Å². The number of nitrogens with zero attached hydrogens (tertiary/aromatic N) is 1. The number of esters is 1. The number of amides is 1. The monoisotopic (exact) mass is 584 g/mol. The molecule has 1 amide bonds. The Labute approximate surface area is 238 Å². The topological polar surface area (TPSA) is 67.8 Å². The second kappa shape index (κ2) is 20.5. The lowest BCUT2D eigenvalue weighted by atomic mass is 10.0. The summed E-state index contributed by atoms with van der Waals surface area (Å²) in [6.07, 6.45) is 21.5. The largest absolute Gasteiger partial charge is 0.422 e. The van der Waals surface area contributed by atoms with E-state index in [-0.39, 0.29) is 5.91 Å². The van der Waals surface area contributed by atoms with Crippen LogP contribution >= 0.6 is 15.9 Å². The van der Waals surface area contributed by atoms with Crippen LogP contribution in [0.4, 0.5) is 0 Å². The predicted octanol–water partition coefficient (Wildman–Crippen LogP) is 9.38. The molecule has 0 atom stereocenters. The zero-order chi connectivity index (χ0) is 27.3. The average molecular weight is 586 g/mol. The Bertz CT molecular complexity index is 962. The molecule has 0 fully saturated rings. The molecule has 2 aromatic rings. The van der Waals surface area contributed by atoms with Crippen molar-refractivity contribution in [3.63, 3.8) is 0 Å². The second-order valence-corrected chi connectivity index (χ2v) is 10.8. The number of unbranched alkanes of at least 4 members (excludes halogenated alkanes) is 14. The number of hydrogen-bond acceptors (Lipinski definition) is 4. The fraction of sp³-hybridized carbons (Fsp3) is 0.531. The smallest absolute Gasteiger partial charge is 0.343 e. The van der Waals surface area contributed by atoms with E-state index in [0.717, 1.165) is 17.3 Å². The molecule has 0 unspecified atom stereocenters. The van der Waals surface area contributed by atoms with E-state index in [4.69, 9.17) is 4.74 Å². The zero-order valence-corrected chi connectivity index (χ0v) is 24.6. The normalized spacial score (nSPS) is 11.1. The van der Waals surface area contributed by atoms with Gasteiger partial charge in [-0.25, -0.2) is 10.2 Å². The summed E-state index contributed by atoms with van der Waals surface area (Å²) in [6, 6.07) is 14.1. The lowest BCUT2D eigenvalue weighted by molar-refractivity contribution is -0.121. The number of benzene rings is 2. The SMILES string of the molecule is CCCCCCCCCCCCCCCCCC(=O)N/N=C/c1cc(Br)ccc1OC(=O)c1ccccc1. The van der Waals surface area contributed by atoms with Crippen LogP contribution in [0.15, 0.2) is 58.1 Å². The van der Waals surface area contributed by atoms with Gasteiger partial charge in [0.1, 0.15) is 5.75 Å². The van der Waals surface area contributed by atoms with Crippen LogP contribution < -0.4 is 10.2 Å². The maximum atomic E-state index is 12.4. The Hall–Kier alpha value is -2.47. The second-order valence-electron chi connectivity index (χ2n) is 9.93. The number of rotatable bonds is 20. The number of carbonyl (C=O) groups excluding carboxylic acids is 2. The summed E-state index contributed by atoms with van der Waals surface area (Å²) in [7, 11) is 0. The van der Waals surface area contributed by atoms with Crippen LogP contribution in [0.5, 0.6) is 5.75 Å². The fourth-order valence-electron chi connectivity index (χ4n) is 4.33. The third-order valence-electron chi connectivity index (χ3n) is 6.58. The molecule has 1 N–H and O–H groups in total. The summed E-state index contributed by atoms with van der Waals surface area (Å²) in [4.78, 5) is 24.6. The lowest BCUT2D eigenvalue weighted by Gasteiger charge is -2.08. The molecule has 0 spiro atoms. The number of carbonyl (C=O) groups is 2. The molecule has 6 heteroatoms. The molecule has 5 nitrogen and oxygen atoms in total. The Morgan fingerprint density at radius 1 is 0.789 bits per heavy atom. The molecule has 0 aliphatic rings. The van der Waals surface area contributed by atoms with E-state index in [9.17, 15) is 9.59 Å². The van der Waals surface area contributed by atoms with Gasteiger partial charge < -0.3 is 4.74 Å². The van der Waals surface area contributed by atoms with Gasteiger partial charge in [0.05, 0.1) is 11.8 Å². The number of halogens is 1. The molecule has 2 aromatic carbocycles. The molecule has 0 aliphatic carbocycles. The number of hydrogen-bond donors (Lipinski definition) is 1. The maximum Gasteiger partial charge on any atom is 0.343 e. The molecule has 0 heterocycles. The van der Waals surface area contributed by atoms with Gasteiger partial charge in [-0.2, -0.15) is 5.10 Å². The molecule has 0 saturated heterocycles. The molecule has 0 radical (unpaired) electrons. The average Bonchev–Trinajstić information content (AvgIpc) is 2.92. The lowest BCUT2D eigenvalue weighted by Crippen LogP contribution is -2.17. The van der Waals surface area contributed by atoms with Crippen molar-refractivity contribution < 1.29 is 14.3 Å². The number of nitrogens with one attached hydrogen (secondary N) is 1. The summed E-state index contributed by atoms with van der Waals surface area (Å²) in [5.74, 6) is -0.170. The summed E-state index contributed by atoms with van der Waals surface area (Å²) in [6.45, 7) is 2.27. The first-order valence-corrected chi connectivity index (χ1v) is 15.3. The molecule has 0 bridgehead atoms. The van der Waals surface area contributed by atoms with Gasteiger partial charge in [0.2, 0.25) is 5.91 Å².